The zero-order valence-electron chi connectivity index (χ0n) is 11.0. The number of sulfonamides is 1. The third-order valence-electron chi connectivity index (χ3n) is 2.66. The van der Waals surface area contributed by atoms with E-state index in [9.17, 15) is 12.8 Å². The molecule has 110 valence electrons. The SMILES string of the molecule is Cc1ccc(S(=O)(=O)NN=Cc2ccc(Cl)c(F)c2)cc1. The number of nitrogens with one attached hydrogen (secondary N) is 1. The van der Waals surface area contributed by atoms with Crippen LogP contribution in [0.2, 0.25) is 5.02 Å². The molecule has 0 fully saturated rings. The minimum atomic E-state index is -3.73. The predicted molar refractivity (Wildman–Crippen MR) is 80.5 cm³/mol. The van der Waals surface area contributed by atoms with Crippen molar-refractivity contribution in [2.45, 2.75) is 11.8 Å². The Morgan fingerprint density at radius 1 is 1.19 bits per heavy atom. The van der Waals surface area contributed by atoms with Gasteiger partial charge in [-0.3, -0.25) is 0 Å². The topological polar surface area (TPSA) is 58.5 Å². The van der Waals surface area contributed by atoms with Gasteiger partial charge in [0.2, 0.25) is 0 Å². The molecule has 0 unspecified atom stereocenters. The maximum atomic E-state index is 13.2. The summed E-state index contributed by atoms with van der Waals surface area (Å²) in [5, 5.41) is 3.60. The van der Waals surface area contributed by atoms with E-state index < -0.39 is 15.8 Å². The summed E-state index contributed by atoms with van der Waals surface area (Å²) in [6, 6.07) is 10.4. The third kappa shape index (κ3) is 4.03. The van der Waals surface area contributed by atoms with Crippen molar-refractivity contribution in [2.75, 3.05) is 0 Å². The van der Waals surface area contributed by atoms with Gasteiger partial charge in [0.15, 0.2) is 0 Å². The van der Waals surface area contributed by atoms with Crippen LogP contribution in [-0.2, 0) is 10.0 Å². The fourth-order valence-electron chi connectivity index (χ4n) is 1.53. The molecule has 0 amide bonds. The molecule has 0 aliphatic rings. The van der Waals surface area contributed by atoms with Gasteiger partial charge >= 0.3 is 0 Å². The zero-order valence-corrected chi connectivity index (χ0v) is 12.6. The van der Waals surface area contributed by atoms with Crippen LogP contribution in [0.25, 0.3) is 0 Å². The molecule has 4 nitrogen and oxygen atoms in total. The predicted octanol–water partition coefficient (Wildman–Crippen LogP) is 3.10. The van der Waals surface area contributed by atoms with Gasteiger partial charge in [0.1, 0.15) is 5.82 Å². The molecule has 0 atom stereocenters. The average molecular weight is 327 g/mol. The Balaban J connectivity index is 2.12. The molecule has 0 saturated carbocycles. The standard InChI is InChI=1S/C14H12ClFN2O2S/c1-10-2-5-12(6-3-10)21(19,20)18-17-9-11-4-7-13(15)14(16)8-11/h2-9,18H,1H3. The van der Waals surface area contributed by atoms with Crippen molar-refractivity contribution in [3.05, 3.63) is 64.4 Å². The largest absolute Gasteiger partial charge is 0.276 e. The number of benzene rings is 2. The van der Waals surface area contributed by atoms with Gasteiger partial charge < -0.3 is 0 Å². The van der Waals surface area contributed by atoms with Crippen molar-refractivity contribution < 1.29 is 12.8 Å². The molecule has 0 heterocycles. The summed E-state index contributed by atoms with van der Waals surface area (Å²) in [6.45, 7) is 1.86. The molecular weight excluding hydrogens is 315 g/mol. The number of hydrazone groups is 1. The van der Waals surface area contributed by atoms with E-state index in [1.165, 1.54) is 30.5 Å². The second kappa shape index (κ2) is 6.24. The van der Waals surface area contributed by atoms with Crippen molar-refractivity contribution >= 4 is 27.8 Å². The molecule has 0 aliphatic carbocycles. The van der Waals surface area contributed by atoms with Crippen molar-refractivity contribution in [3.8, 4) is 0 Å². The molecule has 0 bridgehead atoms. The molecular formula is C14H12ClFN2O2S. The molecule has 2 rings (SSSR count). The Morgan fingerprint density at radius 3 is 2.48 bits per heavy atom. The zero-order chi connectivity index (χ0) is 15.5. The highest BCUT2D eigenvalue weighted by atomic mass is 35.5. The van der Waals surface area contributed by atoms with Crippen LogP contribution in [0, 0.1) is 12.7 Å². The lowest BCUT2D eigenvalue weighted by atomic mass is 10.2. The maximum absolute atomic E-state index is 13.2. The molecule has 1 N–H and O–H groups in total. The lowest BCUT2D eigenvalue weighted by molar-refractivity contribution is 0.584. The van der Waals surface area contributed by atoms with Gasteiger partial charge in [0.05, 0.1) is 16.1 Å². The molecule has 2 aromatic carbocycles. The molecule has 0 aromatic heterocycles. The summed E-state index contributed by atoms with van der Waals surface area (Å²) in [5.74, 6) is -0.595. The lowest BCUT2D eigenvalue weighted by Gasteiger charge is -2.03. The molecule has 0 saturated heterocycles. The number of halogens is 2. The van der Waals surface area contributed by atoms with Crippen molar-refractivity contribution in [1.29, 1.82) is 0 Å². The Labute approximate surface area is 127 Å². The van der Waals surface area contributed by atoms with E-state index in [2.05, 4.69) is 9.93 Å². The second-order valence-electron chi connectivity index (χ2n) is 4.34. The number of rotatable bonds is 4. The van der Waals surface area contributed by atoms with Gasteiger partial charge in [0, 0.05) is 0 Å². The van der Waals surface area contributed by atoms with Crippen LogP contribution in [0.5, 0.6) is 0 Å². The van der Waals surface area contributed by atoms with Gasteiger partial charge in [-0.15, -0.1) is 0 Å². The van der Waals surface area contributed by atoms with Crippen LogP contribution in [0.3, 0.4) is 0 Å². The van der Waals surface area contributed by atoms with Crippen LogP contribution < -0.4 is 4.83 Å². The highest BCUT2D eigenvalue weighted by molar-refractivity contribution is 7.89. The van der Waals surface area contributed by atoms with E-state index in [0.717, 1.165) is 11.6 Å². The van der Waals surface area contributed by atoms with E-state index in [-0.39, 0.29) is 9.92 Å². The smallest absolute Gasteiger partial charge is 0.205 e. The average Bonchev–Trinajstić information content (AvgIpc) is 2.43. The second-order valence-corrected chi connectivity index (χ2v) is 6.41. The normalized spacial score (nSPS) is 11.8. The highest BCUT2D eigenvalue weighted by Gasteiger charge is 2.11. The van der Waals surface area contributed by atoms with E-state index in [4.69, 9.17) is 11.6 Å². The van der Waals surface area contributed by atoms with Gasteiger partial charge in [0.25, 0.3) is 10.0 Å². The number of aryl methyl sites for hydroxylation is 1. The fraction of sp³-hybridized carbons (Fsp3) is 0.0714. The molecule has 21 heavy (non-hydrogen) atoms. The number of nitrogens with zero attached hydrogens (tertiary/aromatic N) is 1. The quantitative estimate of drug-likeness (QED) is 0.693. The van der Waals surface area contributed by atoms with Crippen molar-refractivity contribution in [2.24, 2.45) is 5.10 Å². The first kappa shape index (κ1) is 15.5. The summed E-state index contributed by atoms with van der Waals surface area (Å²) in [5.41, 5.74) is 1.34. The highest BCUT2D eigenvalue weighted by Crippen LogP contribution is 2.14. The van der Waals surface area contributed by atoms with Crippen molar-refractivity contribution in [1.82, 2.24) is 4.83 Å². The van der Waals surface area contributed by atoms with Crippen LogP contribution in [0.4, 0.5) is 4.39 Å². The van der Waals surface area contributed by atoms with E-state index in [0.29, 0.717) is 5.56 Å². The van der Waals surface area contributed by atoms with Gasteiger partial charge in [-0.05, 0) is 36.8 Å². The summed E-state index contributed by atoms with van der Waals surface area (Å²) in [4.78, 5) is 2.17. The first-order valence-electron chi connectivity index (χ1n) is 5.95. The first-order valence-corrected chi connectivity index (χ1v) is 7.81. The molecule has 0 aliphatic heterocycles. The van der Waals surface area contributed by atoms with Crippen LogP contribution >= 0.6 is 11.6 Å². The summed E-state index contributed by atoms with van der Waals surface area (Å²) < 4.78 is 37.1. The Bertz CT molecular complexity index is 774. The third-order valence-corrected chi connectivity index (χ3v) is 4.21. The fourth-order valence-corrected chi connectivity index (χ4v) is 2.44. The van der Waals surface area contributed by atoms with E-state index >= 15 is 0 Å². The molecule has 7 heteroatoms. The van der Waals surface area contributed by atoms with Crippen LogP contribution in [0.15, 0.2) is 52.5 Å². The Kier molecular flexibility index (Phi) is 4.59. The van der Waals surface area contributed by atoms with Crippen LogP contribution in [0.1, 0.15) is 11.1 Å². The van der Waals surface area contributed by atoms with E-state index in [1.807, 2.05) is 6.92 Å². The summed E-state index contributed by atoms with van der Waals surface area (Å²) in [7, 11) is -3.73. The lowest BCUT2D eigenvalue weighted by Crippen LogP contribution is -2.18. The monoisotopic (exact) mass is 326 g/mol. The maximum Gasteiger partial charge on any atom is 0.276 e. The minimum absolute atomic E-state index is 0.00705. The Morgan fingerprint density at radius 2 is 1.86 bits per heavy atom. The number of hydrogen-bond acceptors (Lipinski definition) is 3. The molecule has 0 spiro atoms. The molecule has 2 aromatic rings. The summed E-state index contributed by atoms with van der Waals surface area (Å²) >= 11 is 5.55. The first-order chi connectivity index (χ1) is 9.88. The van der Waals surface area contributed by atoms with Crippen molar-refractivity contribution in [3.63, 3.8) is 0 Å². The number of hydrogen-bond donors (Lipinski definition) is 1. The van der Waals surface area contributed by atoms with Crippen LogP contribution in [-0.4, -0.2) is 14.6 Å². The summed E-state index contributed by atoms with van der Waals surface area (Å²) in [6.07, 6.45) is 1.20. The molecule has 0 radical (unpaired) electrons. The van der Waals surface area contributed by atoms with E-state index in [1.54, 1.807) is 12.1 Å². The Hall–Kier alpha value is -1.92. The van der Waals surface area contributed by atoms with Gasteiger partial charge in [-0.2, -0.15) is 13.5 Å². The minimum Gasteiger partial charge on any atom is -0.205 e. The van der Waals surface area contributed by atoms with Gasteiger partial charge in [-0.25, -0.2) is 9.22 Å². The van der Waals surface area contributed by atoms with Gasteiger partial charge in [-0.1, -0.05) is 35.4 Å².